The third kappa shape index (κ3) is 2.71. The van der Waals surface area contributed by atoms with Crippen LogP contribution in [0.3, 0.4) is 0 Å². The molecule has 0 spiro atoms. The van der Waals surface area contributed by atoms with Crippen LogP contribution in [0.4, 0.5) is 0 Å². The molecular weight excluding hydrogens is 248 g/mol. The molecule has 0 heterocycles. The van der Waals surface area contributed by atoms with E-state index in [2.05, 4.69) is 11.4 Å². The molecule has 0 aliphatic heterocycles. The van der Waals surface area contributed by atoms with Crippen LogP contribution in [0.2, 0.25) is 0 Å². The minimum absolute atomic E-state index is 0.180. The molecule has 3 fully saturated rings. The molecule has 0 aromatic rings. The van der Waals surface area contributed by atoms with Crippen LogP contribution in [0.25, 0.3) is 0 Å². The number of nitrogens with zero attached hydrogens (tertiary/aromatic N) is 1. The van der Waals surface area contributed by atoms with E-state index in [4.69, 9.17) is 0 Å². The molecule has 110 valence electrons. The minimum atomic E-state index is -0.570. The van der Waals surface area contributed by atoms with Gasteiger partial charge in [0.1, 0.15) is 5.54 Å². The summed E-state index contributed by atoms with van der Waals surface area (Å²) in [6.07, 6.45) is 12.4. The van der Waals surface area contributed by atoms with E-state index in [1.807, 2.05) is 0 Å². The Kier molecular flexibility index (Phi) is 4.01. The highest BCUT2D eigenvalue weighted by molar-refractivity contribution is 5.80. The SMILES string of the molecule is N#CC1(NC(=O)C2CC3CCC2C3)CCCCCCC1. The van der Waals surface area contributed by atoms with Crippen LogP contribution < -0.4 is 5.32 Å². The highest BCUT2D eigenvalue weighted by Crippen LogP contribution is 2.48. The van der Waals surface area contributed by atoms with Crippen molar-refractivity contribution in [2.75, 3.05) is 0 Å². The first kappa shape index (κ1) is 13.9. The zero-order valence-corrected chi connectivity index (χ0v) is 12.4. The van der Waals surface area contributed by atoms with Gasteiger partial charge in [-0.3, -0.25) is 4.79 Å². The summed E-state index contributed by atoms with van der Waals surface area (Å²) in [5.74, 6) is 1.76. The third-order valence-corrected chi connectivity index (χ3v) is 5.86. The Morgan fingerprint density at radius 2 is 1.75 bits per heavy atom. The van der Waals surface area contributed by atoms with E-state index in [0.29, 0.717) is 5.92 Å². The number of carbonyl (C=O) groups is 1. The lowest BCUT2D eigenvalue weighted by molar-refractivity contribution is -0.128. The maximum Gasteiger partial charge on any atom is 0.224 e. The van der Waals surface area contributed by atoms with Gasteiger partial charge in [0.15, 0.2) is 0 Å². The van der Waals surface area contributed by atoms with E-state index in [1.54, 1.807) is 0 Å². The standard InChI is InChI=1S/C17H26N2O/c18-12-17(8-4-2-1-3-5-9-17)19-16(20)15-11-13-6-7-14(15)10-13/h13-15H,1-11H2,(H,19,20). The van der Waals surface area contributed by atoms with Crippen molar-refractivity contribution in [3.05, 3.63) is 0 Å². The largest absolute Gasteiger partial charge is 0.338 e. The molecule has 2 bridgehead atoms. The van der Waals surface area contributed by atoms with Gasteiger partial charge in [-0.05, 0) is 43.9 Å². The molecule has 3 saturated carbocycles. The first-order valence-corrected chi connectivity index (χ1v) is 8.46. The number of nitriles is 1. The van der Waals surface area contributed by atoms with Crippen LogP contribution in [-0.4, -0.2) is 11.4 Å². The average molecular weight is 274 g/mol. The van der Waals surface area contributed by atoms with Crippen LogP contribution in [-0.2, 0) is 4.79 Å². The number of rotatable bonds is 2. The molecule has 3 atom stereocenters. The average Bonchev–Trinajstić information content (AvgIpc) is 3.04. The molecule has 3 aliphatic rings. The smallest absolute Gasteiger partial charge is 0.224 e. The summed E-state index contributed by atoms with van der Waals surface area (Å²) in [4.78, 5) is 12.6. The number of carbonyl (C=O) groups excluding carboxylic acids is 1. The zero-order chi connectivity index (χ0) is 14.0. The van der Waals surface area contributed by atoms with Crippen molar-refractivity contribution >= 4 is 5.91 Å². The van der Waals surface area contributed by atoms with Gasteiger partial charge in [-0.1, -0.05) is 38.5 Å². The van der Waals surface area contributed by atoms with Crippen LogP contribution in [0, 0.1) is 29.1 Å². The number of amides is 1. The van der Waals surface area contributed by atoms with Gasteiger partial charge in [-0.2, -0.15) is 5.26 Å². The van der Waals surface area contributed by atoms with Crippen molar-refractivity contribution in [3.63, 3.8) is 0 Å². The Morgan fingerprint density at radius 1 is 1.05 bits per heavy atom. The van der Waals surface area contributed by atoms with E-state index in [-0.39, 0.29) is 11.8 Å². The van der Waals surface area contributed by atoms with Crippen molar-refractivity contribution in [2.45, 2.75) is 76.2 Å². The highest BCUT2D eigenvalue weighted by atomic mass is 16.2. The van der Waals surface area contributed by atoms with Crippen LogP contribution >= 0.6 is 0 Å². The summed E-state index contributed by atoms with van der Waals surface area (Å²) in [5, 5.41) is 12.8. The quantitative estimate of drug-likeness (QED) is 0.837. The van der Waals surface area contributed by atoms with Gasteiger partial charge >= 0.3 is 0 Å². The second-order valence-corrected chi connectivity index (χ2v) is 7.23. The second kappa shape index (κ2) is 5.76. The van der Waals surface area contributed by atoms with Crippen molar-refractivity contribution in [3.8, 4) is 6.07 Å². The molecular formula is C17H26N2O. The van der Waals surface area contributed by atoms with E-state index in [1.165, 1.54) is 38.5 Å². The molecule has 0 aromatic carbocycles. The molecule has 0 saturated heterocycles. The Balaban J connectivity index is 1.64. The van der Waals surface area contributed by atoms with Crippen molar-refractivity contribution in [1.82, 2.24) is 5.32 Å². The van der Waals surface area contributed by atoms with Crippen LogP contribution in [0.1, 0.15) is 70.6 Å². The zero-order valence-electron chi connectivity index (χ0n) is 12.4. The van der Waals surface area contributed by atoms with Crippen molar-refractivity contribution in [2.24, 2.45) is 17.8 Å². The molecule has 3 heteroatoms. The van der Waals surface area contributed by atoms with Gasteiger partial charge in [0.05, 0.1) is 6.07 Å². The Bertz CT molecular complexity index is 404. The van der Waals surface area contributed by atoms with E-state index >= 15 is 0 Å². The number of hydrogen-bond acceptors (Lipinski definition) is 2. The van der Waals surface area contributed by atoms with E-state index in [0.717, 1.165) is 38.0 Å². The van der Waals surface area contributed by atoms with Gasteiger partial charge in [-0.15, -0.1) is 0 Å². The fourth-order valence-corrected chi connectivity index (χ4v) is 4.67. The lowest BCUT2D eigenvalue weighted by Gasteiger charge is -2.32. The van der Waals surface area contributed by atoms with Gasteiger partial charge in [0.25, 0.3) is 0 Å². The molecule has 0 radical (unpaired) electrons. The fraction of sp³-hybridized carbons (Fsp3) is 0.882. The fourth-order valence-electron chi connectivity index (χ4n) is 4.67. The van der Waals surface area contributed by atoms with Crippen LogP contribution in [0.15, 0.2) is 0 Å². The van der Waals surface area contributed by atoms with E-state index in [9.17, 15) is 10.1 Å². The summed E-state index contributed by atoms with van der Waals surface area (Å²) in [7, 11) is 0. The first-order valence-electron chi connectivity index (χ1n) is 8.46. The Labute approximate surface area is 122 Å². The number of fused-ring (bicyclic) bond motifs is 2. The molecule has 1 N–H and O–H groups in total. The predicted octanol–water partition coefficient (Wildman–Crippen LogP) is 3.55. The predicted molar refractivity (Wildman–Crippen MR) is 77.7 cm³/mol. The summed E-state index contributed by atoms with van der Waals surface area (Å²) in [6.45, 7) is 0. The number of nitrogens with one attached hydrogen (secondary N) is 1. The maximum atomic E-state index is 12.6. The molecule has 0 aromatic heterocycles. The van der Waals surface area contributed by atoms with Crippen molar-refractivity contribution in [1.29, 1.82) is 5.26 Å². The minimum Gasteiger partial charge on any atom is -0.338 e. The molecule has 3 rings (SSSR count). The van der Waals surface area contributed by atoms with E-state index < -0.39 is 5.54 Å². The lowest BCUT2D eigenvalue weighted by Crippen LogP contribution is -2.50. The Morgan fingerprint density at radius 3 is 2.30 bits per heavy atom. The summed E-state index contributed by atoms with van der Waals surface area (Å²) < 4.78 is 0. The molecule has 1 amide bonds. The van der Waals surface area contributed by atoms with Crippen LogP contribution in [0.5, 0.6) is 0 Å². The first-order chi connectivity index (χ1) is 9.72. The summed E-state index contributed by atoms with van der Waals surface area (Å²) >= 11 is 0. The second-order valence-electron chi connectivity index (χ2n) is 7.23. The Hall–Kier alpha value is -1.04. The summed E-state index contributed by atoms with van der Waals surface area (Å²) in [6, 6.07) is 2.45. The molecule has 20 heavy (non-hydrogen) atoms. The molecule has 3 aliphatic carbocycles. The van der Waals surface area contributed by atoms with Gasteiger partial charge in [-0.25, -0.2) is 0 Å². The maximum absolute atomic E-state index is 12.6. The molecule has 3 unspecified atom stereocenters. The summed E-state index contributed by atoms with van der Waals surface area (Å²) in [5.41, 5.74) is -0.570. The number of hydrogen-bond donors (Lipinski definition) is 1. The van der Waals surface area contributed by atoms with Gasteiger partial charge in [0.2, 0.25) is 5.91 Å². The normalized spacial score (nSPS) is 35.9. The highest BCUT2D eigenvalue weighted by Gasteiger charge is 2.45. The van der Waals surface area contributed by atoms with Gasteiger partial charge < -0.3 is 5.32 Å². The molecule has 3 nitrogen and oxygen atoms in total. The third-order valence-electron chi connectivity index (χ3n) is 5.86. The monoisotopic (exact) mass is 274 g/mol. The topological polar surface area (TPSA) is 52.9 Å². The lowest BCUT2D eigenvalue weighted by atomic mass is 9.83. The van der Waals surface area contributed by atoms with Crippen molar-refractivity contribution < 1.29 is 4.79 Å². The van der Waals surface area contributed by atoms with Gasteiger partial charge in [0, 0.05) is 5.92 Å².